The van der Waals surface area contributed by atoms with Crippen LogP contribution in [0.5, 0.6) is 0 Å². The summed E-state index contributed by atoms with van der Waals surface area (Å²) in [5, 5.41) is 22.0. The highest BCUT2D eigenvalue weighted by molar-refractivity contribution is 5.71. The zero-order valence-electron chi connectivity index (χ0n) is 19.6. The van der Waals surface area contributed by atoms with Gasteiger partial charge >= 0.3 is 5.97 Å². The molecular formula is C26H41NO5. The highest BCUT2D eigenvalue weighted by Gasteiger charge is 2.79. The number of hydrogen-bond donors (Lipinski definition) is 3. The average Bonchev–Trinajstić information content (AvgIpc) is 3.26. The van der Waals surface area contributed by atoms with Crippen LogP contribution in [0.15, 0.2) is 12.2 Å². The van der Waals surface area contributed by atoms with E-state index in [1.807, 2.05) is 6.92 Å². The molecule has 7 unspecified atom stereocenters. The van der Waals surface area contributed by atoms with Crippen molar-refractivity contribution >= 4 is 5.97 Å². The summed E-state index contributed by atoms with van der Waals surface area (Å²) < 4.78 is 11.7. The predicted octanol–water partition coefficient (Wildman–Crippen LogP) is 3.01. The first-order valence-electron chi connectivity index (χ1n) is 12.9. The molecule has 0 radical (unpaired) electrons. The first-order chi connectivity index (χ1) is 15.4. The molecule has 6 heteroatoms. The number of aliphatic hydroxyl groups excluding tert-OH is 2. The Morgan fingerprint density at radius 3 is 2.84 bits per heavy atom. The fourth-order valence-electron chi connectivity index (χ4n) is 9.08. The molecule has 4 saturated carbocycles. The van der Waals surface area contributed by atoms with Crippen LogP contribution in [-0.2, 0) is 14.3 Å². The van der Waals surface area contributed by atoms with E-state index in [4.69, 9.17) is 15.2 Å². The molecule has 0 heterocycles. The fourth-order valence-corrected chi connectivity index (χ4v) is 9.08. The third-order valence-electron chi connectivity index (χ3n) is 10.2. The molecule has 32 heavy (non-hydrogen) atoms. The maximum absolute atomic E-state index is 11.8. The maximum Gasteiger partial charge on any atom is 0.319 e. The standard InChI is InChI=1S/C26H41NO5/c1-3-6-21(29)32-20-11-17-16-9-8-15-7-4-5-10-25(15,2)23(16)19(28)12-26(17)18(24(20)26)14-31-22(30)13-27/h5,10,15-21,23-24,28-29H,3-4,6-9,11-14,27H2,1-2H3/t15-,16?,17?,18?,19+,20?,21?,23?,24?,25+,26+/m1/s1. The van der Waals surface area contributed by atoms with Crippen molar-refractivity contribution in [2.24, 2.45) is 52.1 Å². The Morgan fingerprint density at radius 2 is 2.09 bits per heavy atom. The van der Waals surface area contributed by atoms with Gasteiger partial charge in [0, 0.05) is 5.92 Å². The van der Waals surface area contributed by atoms with Gasteiger partial charge in [-0.05, 0) is 85.4 Å². The molecule has 0 aromatic carbocycles. The topological polar surface area (TPSA) is 102 Å². The molecule has 5 aliphatic rings. The number of carbonyl (C=O) groups is 1. The Bertz CT molecular complexity index is 756. The minimum atomic E-state index is -0.745. The molecule has 180 valence electrons. The summed E-state index contributed by atoms with van der Waals surface area (Å²) in [5.74, 6) is 1.91. The van der Waals surface area contributed by atoms with Crippen molar-refractivity contribution in [1.29, 1.82) is 0 Å². The number of aliphatic hydroxyl groups is 2. The molecule has 4 N–H and O–H groups in total. The van der Waals surface area contributed by atoms with E-state index in [0.717, 1.165) is 32.1 Å². The number of nitrogens with two attached hydrogens (primary N) is 1. The second kappa shape index (κ2) is 8.37. The van der Waals surface area contributed by atoms with Gasteiger partial charge < -0.3 is 25.4 Å². The van der Waals surface area contributed by atoms with Crippen molar-refractivity contribution < 1.29 is 24.5 Å². The molecule has 5 aliphatic carbocycles. The van der Waals surface area contributed by atoms with Crippen LogP contribution < -0.4 is 5.73 Å². The van der Waals surface area contributed by atoms with Gasteiger partial charge in [0.1, 0.15) is 0 Å². The molecule has 0 bridgehead atoms. The van der Waals surface area contributed by atoms with Crippen LogP contribution in [0.1, 0.15) is 65.2 Å². The molecule has 0 saturated heterocycles. The smallest absolute Gasteiger partial charge is 0.319 e. The van der Waals surface area contributed by atoms with E-state index >= 15 is 0 Å². The normalized spacial score (nSPS) is 49.4. The van der Waals surface area contributed by atoms with Crippen molar-refractivity contribution in [3.63, 3.8) is 0 Å². The Kier molecular flexibility index (Phi) is 5.97. The fraction of sp³-hybridized carbons (Fsp3) is 0.885. The minimum Gasteiger partial charge on any atom is -0.464 e. The summed E-state index contributed by atoms with van der Waals surface area (Å²) in [6, 6.07) is 0. The van der Waals surface area contributed by atoms with Crippen LogP contribution in [0.4, 0.5) is 0 Å². The monoisotopic (exact) mass is 447 g/mol. The van der Waals surface area contributed by atoms with Crippen LogP contribution in [0.2, 0.25) is 0 Å². The number of rotatable bonds is 7. The van der Waals surface area contributed by atoms with E-state index in [2.05, 4.69) is 19.1 Å². The van der Waals surface area contributed by atoms with Gasteiger partial charge in [-0.3, -0.25) is 4.79 Å². The lowest BCUT2D eigenvalue weighted by Gasteiger charge is -2.58. The third-order valence-corrected chi connectivity index (χ3v) is 10.2. The Balaban J connectivity index is 1.43. The number of allylic oxidation sites excluding steroid dienone is 2. The lowest BCUT2D eigenvalue weighted by molar-refractivity contribution is -0.156. The summed E-state index contributed by atoms with van der Waals surface area (Å²) in [6.45, 7) is 4.67. The van der Waals surface area contributed by atoms with Gasteiger partial charge in [-0.2, -0.15) is 0 Å². The van der Waals surface area contributed by atoms with Crippen LogP contribution >= 0.6 is 0 Å². The van der Waals surface area contributed by atoms with Crippen molar-refractivity contribution in [3.8, 4) is 0 Å². The summed E-state index contributed by atoms with van der Waals surface area (Å²) in [5.41, 5.74) is 5.49. The van der Waals surface area contributed by atoms with E-state index in [0.29, 0.717) is 30.8 Å². The number of ether oxygens (including phenoxy) is 2. The van der Waals surface area contributed by atoms with Crippen molar-refractivity contribution in [2.45, 2.75) is 83.7 Å². The summed E-state index contributed by atoms with van der Waals surface area (Å²) >= 11 is 0. The molecule has 4 fully saturated rings. The molecule has 0 aromatic heterocycles. The predicted molar refractivity (Wildman–Crippen MR) is 120 cm³/mol. The summed E-state index contributed by atoms with van der Waals surface area (Å²) in [4.78, 5) is 11.8. The SMILES string of the molecule is CCCC(O)OC1CC2C3CC[C@H]4CCC=C[C@]4(C)C3[C@@H](O)C[C@@]23C(COC(=O)CN)C13. The highest BCUT2D eigenvalue weighted by atomic mass is 16.6. The second-order valence-electron chi connectivity index (χ2n) is 11.5. The van der Waals surface area contributed by atoms with Gasteiger partial charge in [0.2, 0.25) is 0 Å². The Hall–Kier alpha value is -0.950. The molecule has 0 aliphatic heterocycles. The van der Waals surface area contributed by atoms with Gasteiger partial charge in [0.15, 0.2) is 6.29 Å². The van der Waals surface area contributed by atoms with Crippen molar-refractivity contribution in [2.75, 3.05) is 13.2 Å². The van der Waals surface area contributed by atoms with Crippen molar-refractivity contribution in [3.05, 3.63) is 12.2 Å². The molecule has 0 aromatic rings. The van der Waals surface area contributed by atoms with Crippen LogP contribution in [0.25, 0.3) is 0 Å². The number of carbonyl (C=O) groups excluding carboxylic acids is 1. The lowest BCUT2D eigenvalue weighted by Crippen LogP contribution is -2.55. The molecule has 5 rings (SSSR count). The highest BCUT2D eigenvalue weighted by Crippen LogP contribution is 2.79. The second-order valence-corrected chi connectivity index (χ2v) is 11.5. The van der Waals surface area contributed by atoms with Gasteiger partial charge in [-0.1, -0.05) is 32.4 Å². The summed E-state index contributed by atoms with van der Waals surface area (Å²) in [6.07, 6.45) is 11.6. The van der Waals surface area contributed by atoms with Crippen LogP contribution in [0, 0.1) is 46.3 Å². The zero-order chi connectivity index (χ0) is 22.7. The lowest BCUT2D eigenvalue weighted by atomic mass is 9.47. The average molecular weight is 448 g/mol. The van der Waals surface area contributed by atoms with E-state index in [-0.39, 0.29) is 53.3 Å². The number of fused-ring (bicyclic) bond motifs is 4. The van der Waals surface area contributed by atoms with Crippen molar-refractivity contribution in [1.82, 2.24) is 0 Å². The quantitative estimate of drug-likeness (QED) is 0.315. The van der Waals surface area contributed by atoms with Crippen LogP contribution in [-0.4, -0.2) is 47.8 Å². The molecule has 0 amide bonds. The van der Waals surface area contributed by atoms with Gasteiger partial charge in [0.05, 0.1) is 25.4 Å². The molecular weight excluding hydrogens is 406 g/mol. The first-order valence-corrected chi connectivity index (χ1v) is 12.9. The third kappa shape index (κ3) is 3.31. The van der Waals surface area contributed by atoms with Crippen LogP contribution in [0.3, 0.4) is 0 Å². The van der Waals surface area contributed by atoms with Gasteiger partial charge in [-0.25, -0.2) is 0 Å². The van der Waals surface area contributed by atoms with Gasteiger partial charge in [0.25, 0.3) is 0 Å². The Labute approximate surface area is 191 Å². The number of hydrogen-bond acceptors (Lipinski definition) is 6. The minimum absolute atomic E-state index is 0.0264. The van der Waals surface area contributed by atoms with Gasteiger partial charge in [-0.15, -0.1) is 0 Å². The molecule has 1 spiro atoms. The largest absolute Gasteiger partial charge is 0.464 e. The van der Waals surface area contributed by atoms with E-state index in [1.54, 1.807) is 0 Å². The zero-order valence-corrected chi connectivity index (χ0v) is 19.6. The molecule has 6 nitrogen and oxygen atoms in total. The summed E-state index contributed by atoms with van der Waals surface area (Å²) in [7, 11) is 0. The molecule has 11 atom stereocenters. The number of esters is 1. The maximum atomic E-state index is 11.8. The van der Waals surface area contributed by atoms with E-state index in [9.17, 15) is 15.0 Å². The first kappa shape index (κ1) is 22.8. The van der Waals surface area contributed by atoms with E-state index in [1.165, 1.54) is 12.8 Å². The Morgan fingerprint density at radius 1 is 1.28 bits per heavy atom. The van der Waals surface area contributed by atoms with E-state index < -0.39 is 6.29 Å².